The maximum atomic E-state index is 8.71. The molecule has 0 aliphatic heterocycles. The van der Waals surface area contributed by atoms with Gasteiger partial charge in [-0.1, -0.05) is 0 Å². The highest BCUT2D eigenvalue weighted by Gasteiger charge is 2.06. The standard InChI is InChI=1S/C9H14N2O2S/c1-3-13-8-6-10-7(2)11-9(8)14-5-4-12/h6,12H,3-5H2,1-2H3. The molecule has 0 atom stereocenters. The van der Waals surface area contributed by atoms with Crippen molar-refractivity contribution in [3.8, 4) is 5.75 Å². The third-order valence-electron chi connectivity index (χ3n) is 1.47. The molecule has 0 saturated carbocycles. The first kappa shape index (κ1) is 11.3. The van der Waals surface area contributed by atoms with Gasteiger partial charge in [-0.15, -0.1) is 11.8 Å². The lowest BCUT2D eigenvalue weighted by Crippen LogP contribution is -1.99. The van der Waals surface area contributed by atoms with Gasteiger partial charge in [-0.2, -0.15) is 0 Å². The lowest BCUT2D eigenvalue weighted by atomic mass is 10.5. The topological polar surface area (TPSA) is 55.2 Å². The largest absolute Gasteiger partial charge is 0.489 e. The number of rotatable bonds is 5. The van der Waals surface area contributed by atoms with Crippen LogP contribution in [0.1, 0.15) is 12.7 Å². The van der Waals surface area contributed by atoms with Crippen LogP contribution in [-0.4, -0.2) is 34.0 Å². The third kappa shape index (κ3) is 3.16. The monoisotopic (exact) mass is 214 g/mol. The summed E-state index contributed by atoms with van der Waals surface area (Å²) in [5.74, 6) is 2.03. The van der Waals surface area contributed by atoms with E-state index in [1.807, 2.05) is 13.8 Å². The van der Waals surface area contributed by atoms with Gasteiger partial charge in [0.05, 0.1) is 19.4 Å². The number of aromatic nitrogens is 2. The highest BCUT2D eigenvalue weighted by atomic mass is 32.2. The molecule has 4 nitrogen and oxygen atoms in total. The zero-order valence-corrected chi connectivity index (χ0v) is 9.17. The van der Waals surface area contributed by atoms with Gasteiger partial charge < -0.3 is 9.84 Å². The first-order valence-electron chi connectivity index (χ1n) is 4.48. The molecule has 0 radical (unpaired) electrons. The maximum Gasteiger partial charge on any atom is 0.169 e. The fourth-order valence-electron chi connectivity index (χ4n) is 0.938. The first-order valence-corrected chi connectivity index (χ1v) is 5.46. The number of aliphatic hydroxyl groups excluding tert-OH is 1. The number of hydrogen-bond acceptors (Lipinski definition) is 5. The lowest BCUT2D eigenvalue weighted by molar-refractivity contribution is 0.321. The van der Waals surface area contributed by atoms with Gasteiger partial charge in [-0.3, -0.25) is 0 Å². The van der Waals surface area contributed by atoms with E-state index in [2.05, 4.69) is 9.97 Å². The number of nitrogens with zero attached hydrogens (tertiary/aromatic N) is 2. The van der Waals surface area contributed by atoms with Crippen LogP contribution in [0.25, 0.3) is 0 Å². The third-order valence-corrected chi connectivity index (χ3v) is 2.43. The van der Waals surface area contributed by atoms with Crippen molar-refractivity contribution in [3.63, 3.8) is 0 Å². The van der Waals surface area contributed by atoms with Crippen molar-refractivity contribution in [1.29, 1.82) is 0 Å². The quantitative estimate of drug-likeness (QED) is 0.591. The fraction of sp³-hybridized carbons (Fsp3) is 0.556. The summed E-state index contributed by atoms with van der Waals surface area (Å²) in [6, 6.07) is 0. The Balaban J connectivity index is 2.79. The van der Waals surface area contributed by atoms with Gasteiger partial charge >= 0.3 is 0 Å². The van der Waals surface area contributed by atoms with Crippen LogP contribution in [0.5, 0.6) is 5.75 Å². The zero-order valence-electron chi connectivity index (χ0n) is 8.36. The Labute approximate surface area is 87.7 Å². The molecule has 78 valence electrons. The second-order valence-electron chi connectivity index (χ2n) is 2.59. The van der Waals surface area contributed by atoms with Gasteiger partial charge in [-0.05, 0) is 13.8 Å². The summed E-state index contributed by atoms with van der Waals surface area (Å²) in [5, 5.41) is 9.51. The molecule has 0 aromatic carbocycles. The molecule has 0 unspecified atom stereocenters. The predicted molar refractivity (Wildman–Crippen MR) is 55.7 cm³/mol. The highest BCUT2D eigenvalue weighted by Crippen LogP contribution is 2.25. The minimum atomic E-state index is 0.138. The molecule has 0 saturated heterocycles. The molecule has 0 aliphatic rings. The molecule has 14 heavy (non-hydrogen) atoms. The molecule has 0 aliphatic carbocycles. The summed E-state index contributed by atoms with van der Waals surface area (Å²) in [5.41, 5.74) is 0. The van der Waals surface area contributed by atoms with Crippen LogP contribution in [0.15, 0.2) is 11.2 Å². The maximum absolute atomic E-state index is 8.71. The van der Waals surface area contributed by atoms with Crippen LogP contribution in [0.3, 0.4) is 0 Å². The molecule has 5 heteroatoms. The summed E-state index contributed by atoms with van der Waals surface area (Å²) in [7, 11) is 0. The zero-order chi connectivity index (χ0) is 10.4. The molecule has 1 heterocycles. The van der Waals surface area contributed by atoms with Crippen LogP contribution in [0.4, 0.5) is 0 Å². The van der Waals surface area contributed by atoms with E-state index < -0.39 is 0 Å². The second-order valence-corrected chi connectivity index (χ2v) is 3.68. The van der Waals surface area contributed by atoms with Gasteiger partial charge in [0.2, 0.25) is 0 Å². The Morgan fingerprint density at radius 1 is 1.57 bits per heavy atom. The normalized spacial score (nSPS) is 10.2. The van der Waals surface area contributed by atoms with E-state index in [1.54, 1.807) is 6.20 Å². The second kappa shape index (κ2) is 5.82. The Hall–Kier alpha value is -0.810. The van der Waals surface area contributed by atoms with Crippen LogP contribution in [-0.2, 0) is 0 Å². The van der Waals surface area contributed by atoms with E-state index >= 15 is 0 Å². The van der Waals surface area contributed by atoms with E-state index in [0.717, 1.165) is 5.03 Å². The van der Waals surface area contributed by atoms with Crippen molar-refractivity contribution in [1.82, 2.24) is 9.97 Å². The van der Waals surface area contributed by atoms with Crippen LogP contribution >= 0.6 is 11.8 Å². The van der Waals surface area contributed by atoms with E-state index in [-0.39, 0.29) is 6.61 Å². The Kier molecular flexibility index (Phi) is 4.69. The summed E-state index contributed by atoms with van der Waals surface area (Å²) < 4.78 is 5.36. The van der Waals surface area contributed by atoms with Crippen molar-refractivity contribution in [3.05, 3.63) is 12.0 Å². The Morgan fingerprint density at radius 2 is 2.36 bits per heavy atom. The number of thioether (sulfide) groups is 1. The fourth-order valence-corrected chi connectivity index (χ4v) is 1.67. The molecule has 0 fully saturated rings. The van der Waals surface area contributed by atoms with Crippen LogP contribution in [0, 0.1) is 6.92 Å². The Morgan fingerprint density at radius 3 is 3.00 bits per heavy atom. The number of ether oxygens (including phenoxy) is 1. The first-order chi connectivity index (χ1) is 6.77. The molecule has 1 rings (SSSR count). The average Bonchev–Trinajstić information content (AvgIpc) is 2.18. The molecule has 1 aromatic rings. The van der Waals surface area contributed by atoms with Crippen molar-refractivity contribution >= 4 is 11.8 Å². The van der Waals surface area contributed by atoms with E-state index in [1.165, 1.54) is 11.8 Å². The smallest absolute Gasteiger partial charge is 0.169 e. The number of hydrogen-bond donors (Lipinski definition) is 1. The van der Waals surface area contributed by atoms with Gasteiger partial charge in [0, 0.05) is 5.75 Å². The number of aliphatic hydroxyl groups is 1. The Bertz CT molecular complexity index is 294. The molecule has 1 aromatic heterocycles. The molecular weight excluding hydrogens is 200 g/mol. The molecule has 0 amide bonds. The van der Waals surface area contributed by atoms with Crippen LogP contribution in [0.2, 0.25) is 0 Å². The summed E-state index contributed by atoms with van der Waals surface area (Å²) >= 11 is 1.48. The summed E-state index contributed by atoms with van der Waals surface area (Å²) in [6.07, 6.45) is 1.67. The van der Waals surface area contributed by atoms with Crippen molar-refractivity contribution < 1.29 is 9.84 Å². The molecule has 1 N–H and O–H groups in total. The summed E-state index contributed by atoms with van der Waals surface area (Å²) in [6.45, 7) is 4.48. The van der Waals surface area contributed by atoms with E-state index in [9.17, 15) is 0 Å². The van der Waals surface area contributed by atoms with Gasteiger partial charge in [0.25, 0.3) is 0 Å². The minimum absolute atomic E-state index is 0.138. The number of aryl methyl sites for hydroxylation is 1. The van der Waals surface area contributed by atoms with Crippen LogP contribution < -0.4 is 4.74 Å². The SMILES string of the molecule is CCOc1cnc(C)nc1SCCO. The van der Waals surface area contributed by atoms with Gasteiger partial charge in [0.15, 0.2) is 5.75 Å². The molecule has 0 bridgehead atoms. The predicted octanol–water partition coefficient (Wildman–Crippen LogP) is 1.27. The summed E-state index contributed by atoms with van der Waals surface area (Å²) in [4.78, 5) is 8.30. The molecule has 0 spiro atoms. The molecular formula is C9H14N2O2S. The highest BCUT2D eigenvalue weighted by molar-refractivity contribution is 7.99. The van der Waals surface area contributed by atoms with E-state index in [4.69, 9.17) is 9.84 Å². The lowest BCUT2D eigenvalue weighted by Gasteiger charge is -2.07. The van der Waals surface area contributed by atoms with Crippen molar-refractivity contribution in [2.24, 2.45) is 0 Å². The van der Waals surface area contributed by atoms with Crippen molar-refractivity contribution in [2.45, 2.75) is 18.9 Å². The van der Waals surface area contributed by atoms with Crippen molar-refractivity contribution in [2.75, 3.05) is 19.0 Å². The van der Waals surface area contributed by atoms with E-state index in [0.29, 0.717) is 23.9 Å². The van der Waals surface area contributed by atoms with Gasteiger partial charge in [0.1, 0.15) is 10.9 Å². The van der Waals surface area contributed by atoms with Gasteiger partial charge in [-0.25, -0.2) is 9.97 Å². The average molecular weight is 214 g/mol. The minimum Gasteiger partial charge on any atom is -0.489 e.